The smallest absolute Gasteiger partial charge is 0.331 e. The average Bonchev–Trinajstić information content (AvgIpc) is 2.82. The number of imide groups is 2. The first-order valence-corrected chi connectivity index (χ1v) is 11.8. The summed E-state index contributed by atoms with van der Waals surface area (Å²) in [6.45, 7) is 0.190. The summed E-state index contributed by atoms with van der Waals surface area (Å²) in [5.41, 5.74) is 1.19. The Hall–Kier alpha value is -3.20. The molecule has 0 spiro atoms. The van der Waals surface area contributed by atoms with Gasteiger partial charge < -0.3 is 9.47 Å². The van der Waals surface area contributed by atoms with Gasteiger partial charge in [-0.05, 0) is 70.2 Å². The predicted molar refractivity (Wildman–Crippen MR) is 127 cm³/mol. The zero-order chi connectivity index (χ0) is 24.2. The Labute approximate surface area is 205 Å². The highest BCUT2D eigenvalue weighted by molar-refractivity contribution is 9.10. The number of benzene rings is 2. The van der Waals surface area contributed by atoms with E-state index in [1.165, 1.54) is 30.2 Å². The van der Waals surface area contributed by atoms with E-state index < -0.39 is 17.8 Å². The fourth-order valence-electron chi connectivity index (χ4n) is 4.21. The average molecular weight is 531 g/mol. The van der Waals surface area contributed by atoms with Gasteiger partial charge in [-0.15, -0.1) is 0 Å². The van der Waals surface area contributed by atoms with Crippen molar-refractivity contribution in [2.75, 3.05) is 7.11 Å². The summed E-state index contributed by atoms with van der Waals surface area (Å²) in [6, 6.07) is 8.42. The molecule has 9 heteroatoms. The van der Waals surface area contributed by atoms with E-state index in [1.54, 1.807) is 24.3 Å². The topological polar surface area (TPSA) is 84.9 Å². The lowest BCUT2D eigenvalue weighted by Crippen LogP contribution is -2.58. The number of barbiturate groups is 1. The third kappa shape index (κ3) is 5.14. The summed E-state index contributed by atoms with van der Waals surface area (Å²) in [4.78, 5) is 39.2. The van der Waals surface area contributed by atoms with Gasteiger partial charge in [0.15, 0.2) is 11.5 Å². The summed E-state index contributed by atoms with van der Waals surface area (Å²) < 4.78 is 25.0. The molecule has 1 aliphatic carbocycles. The van der Waals surface area contributed by atoms with E-state index in [0.29, 0.717) is 21.5 Å². The van der Waals surface area contributed by atoms with Crippen molar-refractivity contribution < 1.29 is 28.2 Å². The van der Waals surface area contributed by atoms with Gasteiger partial charge in [-0.1, -0.05) is 31.4 Å². The number of nitrogens with one attached hydrogen (secondary N) is 1. The number of methoxy groups -OCH3 is 1. The van der Waals surface area contributed by atoms with Gasteiger partial charge in [0.2, 0.25) is 0 Å². The van der Waals surface area contributed by atoms with E-state index in [2.05, 4.69) is 21.2 Å². The van der Waals surface area contributed by atoms with Crippen molar-refractivity contribution in [1.82, 2.24) is 10.2 Å². The number of halogens is 2. The lowest BCUT2D eigenvalue weighted by molar-refractivity contribution is -0.132. The van der Waals surface area contributed by atoms with Crippen molar-refractivity contribution in [3.8, 4) is 11.5 Å². The number of nitrogens with zero attached hydrogens (tertiary/aromatic N) is 1. The second-order valence-electron chi connectivity index (χ2n) is 8.23. The number of carbonyl (C=O) groups excluding carboxylic acids is 3. The summed E-state index contributed by atoms with van der Waals surface area (Å²) in [7, 11) is 1.48. The second kappa shape index (κ2) is 10.4. The summed E-state index contributed by atoms with van der Waals surface area (Å²) in [5.74, 6) is -0.842. The molecular formula is C25H24BrFN2O5. The third-order valence-electron chi connectivity index (χ3n) is 5.93. The monoisotopic (exact) mass is 530 g/mol. The Balaban J connectivity index is 1.59. The number of urea groups is 1. The van der Waals surface area contributed by atoms with E-state index >= 15 is 0 Å². The molecule has 4 amide bonds. The summed E-state index contributed by atoms with van der Waals surface area (Å²) in [6.07, 6.45) is 5.87. The molecule has 1 N–H and O–H groups in total. The van der Waals surface area contributed by atoms with E-state index in [0.717, 1.165) is 37.7 Å². The number of hydrogen-bond acceptors (Lipinski definition) is 5. The van der Waals surface area contributed by atoms with Crippen LogP contribution in [0.2, 0.25) is 0 Å². The van der Waals surface area contributed by atoms with Crippen molar-refractivity contribution in [3.63, 3.8) is 0 Å². The first-order valence-electron chi connectivity index (χ1n) is 11.0. The zero-order valence-electron chi connectivity index (χ0n) is 18.6. The fourth-order valence-corrected chi connectivity index (χ4v) is 4.78. The van der Waals surface area contributed by atoms with Crippen LogP contribution >= 0.6 is 15.9 Å². The van der Waals surface area contributed by atoms with Gasteiger partial charge in [-0.25, -0.2) is 9.18 Å². The molecule has 2 aromatic carbocycles. The van der Waals surface area contributed by atoms with Crippen LogP contribution in [-0.4, -0.2) is 35.9 Å². The molecule has 2 fully saturated rings. The van der Waals surface area contributed by atoms with Gasteiger partial charge >= 0.3 is 6.03 Å². The number of ether oxygens (including phenoxy) is 2. The SMILES string of the molecule is COc1cc(C=C2C(=O)NC(=O)N(C3CCCCC3)C2=O)cc(Br)c1OCc1ccc(F)cc1. The highest BCUT2D eigenvalue weighted by atomic mass is 79.9. The van der Waals surface area contributed by atoms with Gasteiger partial charge in [-0.2, -0.15) is 0 Å². The number of carbonyl (C=O) groups is 3. The van der Waals surface area contributed by atoms with E-state index in [4.69, 9.17) is 9.47 Å². The van der Waals surface area contributed by atoms with Gasteiger partial charge in [0.05, 0.1) is 11.6 Å². The molecule has 7 nitrogen and oxygen atoms in total. The van der Waals surface area contributed by atoms with Crippen LogP contribution < -0.4 is 14.8 Å². The van der Waals surface area contributed by atoms with Gasteiger partial charge in [-0.3, -0.25) is 19.8 Å². The Morgan fingerprint density at radius 3 is 2.50 bits per heavy atom. The second-order valence-corrected chi connectivity index (χ2v) is 9.09. The molecule has 0 radical (unpaired) electrons. The Bertz CT molecular complexity index is 1140. The quantitative estimate of drug-likeness (QED) is 0.421. The minimum Gasteiger partial charge on any atom is -0.493 e. The minimum absolute atomic E-state index is 0.112. The molecule has 178 valence electrons. The summed E-state index contributed by atoms with van der Waals surface area (Å²) >= 11 is 3.46. The van der Waals surface area contributed by atoms with Crippen molar-refractivity contribution in [2.24, 2.45) is 0 Å². The standard InChI is InChI=1S/C25H24BrFN2O5/c1-33-21-13-16(12-20(26)22(21)34-14-15-7-9-17(27)10-8-15)11-19-23(30)28-25(32)29(24(19)31)18-5-3-2-4-6-18/h7-13,18H,2-6,14H2,1H3,(H,28,30,32). The van der Waals surface area contributed by atoms with Crippen molar-refractivity contribution >= 4 is 39.9 Å². The maximum atomic E-state index is 13.1. The normalized spacial score (nSPS) is 18.3. The molecule has 1 aliphatic heterocycles. The molecule has 2 aliphatic rings. The van der Waals surface area contributed by atoms with Crippen LogP contribution in [0.5, 0.6) is 11.5 Å². The maximum Gasteiger partial charge on any atom is 0.331 e. The van der Waals surface area contributed by atoms with Crippen molar-refractivity contribution in [2.45, 2.75) is 44.8 Å². The molecule has 1 saturated heterocycles. The molecule has 34 heavy (non-hydrogen) atoms. The van der Waals surface area contributed by atoms with Crippen LogP contribution in [0.15, 0.2) is 46.4 Å². The Morgan fingerprint density at radius 1 is 1.12 bits per heavy atom. The van der Waals surface area contributed by atoms with Crippen molar-refractivity contribution in [3.05, 3.63) is 63.4 Å². The van der Waals surface area contributed by atoms with Crippen molar-refractivity contribution in [1.29, 1.82) is 0 Å². The van der Waals surface area contributed by atoms with Crippen LogP contribution in [0.3, 0.4) is 0 Å². The molecule has 1 heterocycles. The van der Waals surface area contributed by atoms with E-state index in [9.17, 15) is 18.8 Å². The van der Waals surface area contributed by atoms with Crippen LogP contribution in [0.25, 0.3) is 6.08 Å². The van der Waals surface area contributed by atoms with Crippen LogP contribution in [0.1, 0.15) is 43.2 Å². The van der Waals surface area contributed by atoms with Crippen LogP contribution in [0, 0.1) is 5.82 Å². The highest BCUT2D eigenvalue weighted by Crippen LogP contribution is 2.38. The first-order chi connectivity index (χ1) is 16.4. The van der Waals surface area contributed by atoms with Crippen LogP contribution in [-0.2, 0) is 16.2 Å². The Morgan fingerprint density at radius 2 is 1.82 bits per heavy atom. The van der Waals surface area contributed by atoms with E-state index in [-0.39, 0.29) is 24.0 Å². The first kappa shape index (κ1) is 23.9. The minimum atomic E-state index is -0.728. The molecule has 4 rings (SSSR count). The van der Waals surface area contributed by atoms with Gasteiger partial charge in [0.25, 0.3) is 11.8 Å². The Kier molecular flexibility index (Phi) is 7.31. The number of amides is 4. The largest absolute Gasteiger partial charge is 0.493 e. The third-order valence-corrected chi connectivity index (χ3v) is 6.52. The fraction of sp³-hybridized carbons (Fsp3) is 0.320. The molecule has 0 atom stereocenters. The highest BCUT2D eigenvalue weighted by Gasteiger charge is 2.40. The lowest BCUT2D eigenvalue weighted by Gasteiger charge is -2.35. The molecule has 0 unspecified atom stereocenters. The number of hydrogen-bond donors (Lipinski definition) is 1. The summed E-state index contributed by atoms with van der Waals surface area (Å²) in [5, 5.41) is 2.29. The zero-order valence-corrected chi connectivity index (χ0v) is 20.2. The maximum absolute atomic E-state index is 13.1. The molecule has 1 saturated carbocycles. The molecular weight excluding hydrogens is 507 g/mol. The predicted octanol–water partition coefficient (Wildman–Crippen LogP) is 4.97. The van der Waals surface area contributed by atoms with Crippen LogP contribution in [0.4, 0.5) is 9.18 Å². The molecule has 0 bridgehead atoms. The van der Waals surface area contributed by atoms with E-state index in [1.807, 2.05) is 0 Å². The molecule has 0 aromatic heterocycles. The lowest BCUT2D eigenvalue weighted by atomic mass is 9.93. The molecule has 2 aromatic rings. The van der Waals surface area contributed by atoms with Gasteiger partial charge in [0.1, 0.15) is 18.0 Å². The number of rotatable bonds is 6. The van der Waals surface area contributed by atoms with Gasteiger partial charge in [0, 0.05) is 6.04 Å².